The zero-order chi connectivity index (χ0) is 22.6. The van der Waals surface area contributed by atoms with Gasteiger partial charge in [-0.05, 0) is 17.0 Å². The van der Waals surface area contributed by atoms with Crippen LogP contribution in [0.2, 0.25) is 0 Å². The van der Waals surface area contributed by atoms with Crippen molar-refractivity contribution in [2.75, 3.05) is 43.2 Å². The highest BCUT2D eigenvalue weighted by Crippen LogP contribution is 2.24. The van der Waals surface area contributed by atoms with Gasteiger partial charge in [-0.2, -0.15) is 0 Å². The van der Waals surface area contributed by atoms with E-state index in [4.69, 9.17) is 0 Å². The number of rotatable bonds is 8. The first kappa shape index (κ1) is 22.2. The van der Waals surface area contributed by atoms with Gasteiger partial charge in [0.25, 0.3) is 5.69 Å². The van der Waals surface area contributed by atoms with Crippen LogP contribution in [0.4, 0.5) is 11.4 Å². The van der Waals surface area contributed by atoms with Gasteiger partial charge >= 0.3 is 0 Å². The molecule has 0 bridgehead atoms. The Morgan fingerprint density at radius 1 is 0.875 bits per heavy atom. The molecule has 1 aliphatic rings. The van der Waals surface area contributed by atoms with Crippen LogP contribution in [0.15, 0.2) is 66.7 Å². The number of piperazine rings is 1. The van der Waals surface area contributed by atoms with Crippen LogP contribution in [0.25, 0.3) is 10.8 Å². The fourth-order valence-corrected chi connectivity index (χ4v) is 5.05. The first-order chi connectivity index (χ1) is 15.4. The van der Waals surface area contributed by atoms with Gasteiger partial charge in [0.2, 0.25) is 10.0 Å². The van der Waals surface area contributed by atoms with Crippen LogP contribution in [-0.4, -0.2) is 61.6 Å². The number of nitro groups is 1. The third-order valence-corrected chi connectivity index (χ3v) is 7.00. The molecule has 1 N–H and O–H groups in total. The number of non-ortho nitro benzene ring substituents is 1. The van der Waals surface area contributed by atoms with Crippen molar-refractivity contribution in [1.82, 2.24) is 9.80 Å². The lowest BCUT2D eigenvalue weighted by molar-refractivity contribution is -0.384. The first-order valence-electron chi connectivity index (χ1n) is 10.6. The summed E-state index contributed by atoms with van der Waals surface area (Å²) in [7, 11) is -3.46. The number of benzene rings is 3. The lowest BCUT2D eigenvalue weighted by Gasteiger charge is -2.34. The molecule has 0 atom stereocenters. The Hall–Kier alpha value is -3.01. The molecule has 0 amide bonds. The second-order valence-corrected chi connectivity index (χ2v) is 9.83. The predicted octanol–water partition coefficient (Wildman–Crippen LogP) is 3.31. The minimum Gasteiger partial charge on any atom is -0.300 e. The maximum Gasteiger partial charge on any atom is 0.269 e. The Kier molecular flexibility index (Phi) is 6.69. The zero-order valence-corrected chi connectivity index (χ0v) is 18.5. The van der Waals surface area contributed by atoms with E-state index in [2.05, 4.69) is 14.5 Å². The summed E-state index contributed by atoms with van der Waals surface area (Å²) in [5.74, 6) is 0.0403. The lowest BCUT2D eigenvalue weighted by atomic mass is 10.1. The molecule has 168 valence electrons. The van der Waals surface area contributed by atoms with Crippen LogP contribution in [0, 0.1) is 10.1 Å². The van der Waals surface area contributed by atoms with Gasteiger partial charge in [-0.1, -0.05) is 48.5 Å². The Labute approximate surface area is 187 Å². The van der Waals surface area contributed by atoms with E-state index < -0.39 is 14.9 Å². The molecule has 3 aromatic rings. The van der Waals surface area contributed by atoms with E-state index in [9.17, 15) is 18.5 Å². The van der Waals surface area contributed by atoms with E-state index in [1.807, 2.05) is 36.4 Å². The number of fused-ring (bicyclic) bond motifs is 1. The van der Waals surface area contributed by atoms with Crippen LogP contribution < -0.4 is 4.72 Å². The fraction of sp³-hybridized carbons (Fsp3) is 0.304. The quantitative estimate of drug-likeness (QED) is 0.414. The summed E-state index contributed by atoms with van der Waals surface area (Å²) in [5.41, 5.74) is 1.74. The highest BCUT2D eigenvalue weighted by molar-refractivity contribution is 7.92. The van der Waals surface area contributed by atoms with E-state index in [0.717, 1.165) is 49.1 Å². The van der Waals surface area contributed by atoms with Crippen molar-refractivity contribution in [3.8, 4) is 0 Å². The second-order valence-electron chi connectivity index (χ2n) is 7.99. The minimum absolute atomic E-state index is 0.0403. The maximum absolute atomic E-state index is 12.7. The molecular formula is C23H26N4O4S. The minimum atomic E-state index is -3.46. The van der Waals surface area contributed by atoms with Gasteiger partial charge in [-0.15, -0.1) is 0 Å². The molecule has 0 unspecified atom stereocenters. The number of sulfonamides is 1. The SMILES string of the molecule is O=[N+]([O-])c1ccc(CN2CCN(CCS(=O)(=O)Nc3cccc4ccccc34)CC2)cc1. The molecule has 0 saturated carbocycles. The highest BCUT2D eigenvalue weighted by atomic mass is 32.2. The molecule has 0 spiro atoms. The zero-order valence-electron chi connectivity index (χ0n) is 17.7. The number of nitro benzene ring substituents is 1. The molecule has 9 heteroatoms. The van der Waals surface area contributed by atoms with E-state index in [-0.39, 0.29) is 11.4 Å². The van der Waals surface area contributed by atoms with Gasteiger partial charge in [0, 0.05) is 56.8 Å². The van der Waals surface area contributed by atoms with Crippen LogP contribution in [-0.2, 0) is 16.6 Å². The Balaban J connectivity index is 1.26. The summed E-state index contributed by atoms with van der Waals surface area (Å²) < 4.78 is 28.1. The summed E-state index contributed by atoms with van der Waals surface area (Å²) in [6, 6.07) is 19.9. The number of nitrogens with one attached hydrogen (secondary N) is 1. The Morgan fingerprint density at radius 2 is 1.53 bits per heavy atom. The van der Waals surface area contributed by atoms with E-state index in [1.54, 1.807) is 18.2 Å². The van der Waals surface area contributed by atoms with Crippen LogP contribution in [0.1, 0.15) is 5.56 Å². The average molecular weight is 455 g/mol. The molecule has 4 rings (SSSR count). The molecular weight excluding hydrogens is 428 g/mol. The van der Waals surface area contributed by atoms with Gasteiger partial charge in [-0.3, -0.25) is 24.6 Å². The van der Waals surface area contributed by atoms with Crippen molar-refractivity contribution in [1.29, 1.82) is 0 Å². The molecule has 1 saturated heterocycles. The summed E-state index contributed by atoms with van der Waals surface area (Å²) in [6.07, 6.45) is 0. The standard InChI is InChI=1S/C23H26N4O4S/c28-27(29)21-10-8-19(9-11-21)18-26-14-12-25(13-15-26)16-17-32(30,31)24-23-7-3-5-20-4-1-2-6-22(20)23/h1-11,24H,12-18H2. The fourth-order valence-electron chi connectivity index (χ4n) is 3.93. The van der Waals surface area contributed by atoms with Crippen molar-refractivity contribution in [2.24, 2.45) is 0 Å². The third kappa shape index (κ3) is 5.61. The topological polar surface area (TPSA) is 95.8 Å². The van der Waals surface area contributed by atoms with Gasteiger partial charge in [0.1, 0.15) is 0 Å². The van der Waals surface area contributed by atoms with Crippen molar-refractivity contribution in [3.05, 3.63) is 82.4 Å². The number of hydrogen-bond donors (Lipinski definition) is 1. The maximum atomic E-state index is 12.7. The molecule has 1 aliphatic heterocycles. The van der Waals surface area contributed by atoms with Gasteiger partial charge in [0.05, 0.1) is 16.4 Å². The third-order valence-electron chi connectivity index (χ3n) is 5.75. The van der Waals surface area contributed by atoms with Crippen molar-refractivity contribution in [3.63, 3.8) is 0 Å². The molecule has 0 aliphatic carbocycles. The molecule has 0 aromatic heterocycles. The Morgan fingerprint density at radius 3 is 2.25 bits per heavy atom. The number of nitrogens with zero attached hydrogens (tertiary/aromatic N) is 3. The normalized spacial score (nSPS) is 15.6. The smallest absolute Gasteiger partial charge is 0.269 e. The van der Waals surface area contributed by atoms with Gasteiger partial charge in [-0.25, -0.2) is 8.42 Å². The second kappa shape index (κ2) is 9.64. The average Bonchev–Trinajstić information content (AvgIpc) is 2.79. The lowest BCUT2D eigenvalue weighted by Crippen LogP contribution is -2.47. The van der Waals surface area contributed by atoms with Gasteiger partial charge in [0.15, 0.2) is 0 Å². The summed E-state index contributed by atoms with van der Waals surface area (Å²) >= 11 is 0. The first-order valence-corrected chi connectivity index (χ1v) is 12.2. The van der Waals surface area contributed by atoms with E-state index in [1.165, 1.54) is 12.1 Å². The van der Waals surface area contributed by atoms with Crippen molar-refractivity contribution >= 4 is 32.2 Å². The molecule has 1 heterocycles. The predicted molar refractivity (Wildman–Crippen MR) is 126 cm³/mol. The number of hydrogen-bond acceptors (Lipinski definition) is 6. The van der Waals surface area contributed by atoms with Crippen LogP contribution in [0.3, 0.4) is 0 Å². The van der Waals surface area contributed by atoms with Crippen molar-refractivity contribution in [2.45, 2.75) is 6.54 Å². The summed E-state index contributed by atoms with van der Waals surface area (Å²) in [6.45, 7) is 4.44. The van der Waals surface area contributed by atoms with E-state index in [0.29, 0.717) is 12.2 Å². The van der Waals surface area contributed by atoms with Crippen LogP contribution in [0.5, 0.6) is 0 Å². The summed E-state index contributed by atoms with van der Waals surface area (Å²) in [4.78, 5) is 14.8. The van der Waals surface area contributed by atoms with Crippen LogP contribution >= 0.6 is 0 Å². The van der Waals surface area contributed by atoms with E-state index >= 15 is 0 Å². The highest BCUT2D eigenvalue weighted by Gasteiger charge is 2.20. The molecule has 0 radical (unpaired) electrons. The van der Waals surface area contributed by atoms with Crippen molar-refractivity contribution < 1.29 is 13.3 Å². The monoisotopic (exact) mass is 454 g/mol. The molecule has 8 nitrogen and oxygen atoms in total. The molecule has 32 heavy (non-hydrogen) atoms. The molecule has 3 aromatic carbocycles. The number of anilines is 1. The molecule has 1 fully saturated rings. The van der Waals surface area contributed by atoms with Gasteiger partial charge < -0.3 is 0 Å². The Bertz CT molecular complexity index is 1180. The summed E-state index contributed by atoms with van der Waals surface area (Å²) in [5, 5.41) is 12.7. The largest absolute Gasteiger partial charge is 0.300 e.